The normalized spacial score (nSPS) is 9.27. The summed E-state index contributed by atoms with van der Waals surface area (Å²) in [6, 6.07) is 0. The van der Waals surface area contributed by atoms with E-state index in [2.05, 4.69) is 13.8 Å². The lowest BCUT2D eigenvalue weighted by Gasteiger charge is -2.09. The molecule has 0 aliphatic carbocycles. The molecule has 70 valence electrons. The van der Waals surface area contributed by atoms with Crippen LogP contribution in [0.25, 0.3) is 0 Å². The van der Waals surface area contributed by atoms with Crippen LogP contribution >= 0.6 is 0 Å². The van der Waals surface area contributed by atoms with E-state index in [9.17, 15) is 0 Å². The molecule has 0 saturated carbocycles. The molecule has 0 heterocycles. The van der Waals surface area contributed by atoms with Crippen LogP contribution in [0, 0.1) is 5.92 Å². The first-order valence-corrected chi connectivity index (χ1v) is 4.84. The lowest BCUT2D eigenvalue weighted by molar-refractivity contribution is 0.175. The Morgan fingerprint density at radius 3 is 1.82 bits per heavy atom. The molecule has 11 heavy (non-hydrogen) atoms. The van der Waals surface area contributed by atoms with Crippen LogP contribution in [-0.4, -0.2) is 13.7 Å². The van der Waals surface area contributed by atoms with Gasteiger partial charge in [-0.25, -0.2) is 0 Å². The van der Waals surface area contributed by atoms with Crippen molar-refractivity contribution in [1.82, 2.24) is 0 Å². The Kier molecular flexibility index (Phi) is 15.5. The van der Waals surface area contributed by atoms with Crippen molar-refractivity contribution in [3.8, 4) is 0 Å². The SMILES string of the molecule is CC.CCC(CC)CCOC. The van der Waals surface area contributed by atoms with Gasteiger partial charge in [-0.1, -0.05) is 40.5 Å². The van der Waals surface area contributed by atoms with Gasteiger partial charge in [0.05, 0.1) is 0 Å². The average Bonchev–Trinajstić information content (AvgIpc) is 2.10. The minimum atomic E-state index is 0.880. The second-order valence-electron chi connectivity index (χ2n) is 2.46. The number of rotatable bonds is 5. The van der Waals surface area contributed by atoms with E-state index in [1.165, 1.54) is 19.3 Å². The van der Waals surface area contributed by atoms with E-state index in [4.69, 9.17) is 4.74 Å². The first-order valence-electron chi connectivity index (χ1n) is 4.84. The molecule has 1 nitrogen and oxygen atoms in total. The molecule has 0 unspecified atom stereocenters. The van der Waals surface area contributed by atoms with E-state index >= 15 is 0 Å². The van der Waals surface area contributed by atoms with Gasteiger partial charge in [-0.15, -0.1) is 0 Å². The van der Waals surface area contributed by atoms with E-state index in [-0.39, 0.29) is 0 Å². The van der Waals surface area contributed by atoms with Crippen LogP contribution in [0.5, 0.6) is 0 Å². The molecule has 0 aromatic heterocycles. The van der Waals surface area contributed by atoms with Crippen LogP contribution in [0.15, 0.2) is 0 Å². The predicted octanol–water partition coefficient (Wildman–Crippen LogP) is 3.49. The highest BCUT2D eigenvalue weighted by molar-refractivity contribution is 4.52. The van der Waals surface area contributed by atoms with E-state index in [0.717, 1.165) is 12.5 Å². The summed E-state index contributed by atoms with van der Waals surface area (Å²) in [4.78, 5) is 0. The molecule has 0 spiro atoms. The maximum absolute atomic E-state index is 4.98. The molecule has 0 saturated heterocycles. The molecule has 0 fully saturated rings. The minimum Gasteiger partial charge on any atom is -0.385 e. The van der Waals surface area contributed by atoms with Crippen molar-refractivity contribution >= 4 is 0 Å². The van der Waals surface area contributed by atoms with Crippen molar-refractivity contribution in [2.75, 3.05) is 13.7 Å². The minimum absolute atomic E-state index is 0.880. The Labute approximate surface area is 72.1 Å². The molecule has 0 aromatic carbocycles. The van der Waals surface area contributed by atoms with Gasteiger partial charge in [0.2, 0.25) is 0 Å². The molecule has 0 rings (SSSR count). The number of hydrogen-bond acceptors (Lipinski definition) is 1. The van der Waals surface area contributed by atoms with E-state index in [1.54, 1.807) is 7.11 Å². The van der Waals surface area contributed by atoms with Crippen LogP contribution in [0.2, 0.25) is 0 Å². The summed E-state index contributed by atoms with van der Waals surface area (Å²) >= 11 is 0. The van der Waals surface area contributed by atoms with Gasteiger partial charge in [0, 0.05) is 13.7 Å². The van der Waals surface area contributed by atoms with Gasteiger partial charge >= 0.3 is 0 Å². The molecule has 0 aromatic rings. The third-order valence-corrected chi connectivity index (χ3v) is 1.88. The van der Waals surface area contributed by atoms with Crippen LogP contribution in [0.1, 0.15) is 47.0 Å². The van der Waals surface area contributed by atoms with Crippen LogP contribution < -0.4 is 0 Å². The lowest BCUT2D eigenvalue weighted by atomic mass is 10.0. The number of ether oxygens (including phenoxy) is 1. The molecule has 0 N–H and O–H groups in total. The highest BCUT2D eigenvalue weighted by Gasteiger charge is 2.00. The van der Waals surface area contributed by atoms with Gasteiger partial charge in [-0.2, -0.15) is 0 Å². The molecule has 0 amide bonds. The summed E-state index contributed by atoms with van der Waals surface area (Å²) < 4.78 is 4.98. The van der Waals surface area contributed by atoms with Gasteiger partial charge < -0.3 is 4.74 Å². The van der Waals surface area contributed by atoms with Crippen molar-refractivity contribution in [1.29, 1.82) is 0 Å². The zero-order valence-electron chi connectivity index (χ0n) is 8.81. The average molecular weight is 160 g/mol. The van der Waals surface area contributed by atoms with Crippen LogP contribution in [0.3, 0.4) is 0 Å². The summed E-state index contributed by atoms with van der Waals surface area (Å²) in [6.07, 6.45) is 3.81. The molecular formula is C10H24O. The first kappa shape index (κ1) is 13.5. The first-order chi connectivity index (χ1) is 5.35. The highest BCUT2D eigenvalue weighted by Crippen LogP contribution is 2.11. The Hall–Kier alpha value is -0.0400. The van der Waals surface area contributed by atoms with Gasteiger partial charge in [0.15, 0.2) is 0 Å². The third kappa shape index (κ3) is 9.96. The Balaban J connectivity index is 0. The van der Waals surface area contributed by atoms with Gasteiger partial charge in [0.1, 0.15) is 0 Å². The van der Waals surface area contributed by atoms with Crippen molar-refractivity contribution < 1.29 is 4.74 Å². The standard InChI is InChI=1S/C8H18O.C2H6/c1-4-8(5-2)6-7-9-3;1-2/h8H,4-7H2,1-3H3;1-2H3. The molecular weight excluding hydrogens is 136 g/mol. The van der Waals surface area contributed by atoms with E-state index in [0.29, 0.717) is 0 Å². The molecule has 0 atom stereocenters. The number of methoxy groups -OCH3 is 1. The summed E-state index contributed by atoms with van der Waals surface area (Å²) in [7, 11) is 1.77. The van der Waals surface area contributed by atoms with Crippen LogP contribution in [0.4, 0.5) is 0 Å². The van der Waals surface area contributed by atoms with Crippen molar-refractivity contribution in [3.05, 3.63) is 0 Å². The quantitative estimate of drug-likeness (QED) is 0.598. The summed E-state index contributed by atoms with van der Waals surface area (Å²) in [6.45, 7) is 9.40. The zero-order valence-corrected chi connectivity index (χ0v) is 8.81. The predicted molar refractivity (Wildman–Crippen MR) is 51.9 cm³/mol. The largest absolute Gasteiger partial charge is 0.385 e. The molecule has 0 radical (unpaired) electrons. The number of hydrogen-bond donors (Lipinski definition) is 0. The second kappa shape index (κ2) is 12.6. The fourth-order valence-corrected chi connectivity index (χ4v) is 0.981. The molecule has 1 heteroatoms. The summed E-state index contributed by atoms with van der Waals surface area (Å²) in [5.74, 6) is 0.880. The second-order valence-corrected chi connectivity index (χ2v) is 2.46. The van der Waals surface area contributed by atoms with Gasteiger partial charge in [-0.3, -0.25) is 0 Å². The highest BCUT2D eigenvalue weighted by atomic mass is 16.5. The maximum atomic E-state index is 4.98. The lowest BCUT2D eigenvalue weighted by Crippen LogP contribution is -2.00. The van der Waals surface area contributed by atoms with Crippen molar-refractivity contribution in [2.45, 2.75) is 47.0 Å². The Morgan fingerprint density at radius 2 is 1.55 bits per heavy atom. The molecule has 0 aliphatic rings. The monoisotopic (exact) mass is 160 g/mol. The topological polar surface area (TPSA) is 9.23 Å². The fraction of sp³-hybridized carbons (Fsp3) is 1.00. The zero-order chi connectivity index (χ0) is 9.11. The Bertz CT molecular complexity index is 48.8. The summed E-state index contributed by atoms with van der Waals surface area (Å²) in [5, 5.41) is 0. The molecule has 0 bridgehead atoms. The third-order valence-electron chi connectivity index (χ3n) is 1.88. The molecule has 0 aliphatic heterocycles. The fourth-order valence-electron chi connectivity index (χ4n) is 0.981. The van der Waals surface area contributed by atoms with E-state index < -0.39 is 0 Å². The van der Waals surface area contributed by atoms with Gasteiger partial charge in [0.25, 0.3) is 0 Å². The van der Waals surface area contributed by atoms with Crippen molar-refractivity contribution in [2.24, 2.45) is 5.92 Å². The van der Waals surface area contributed by atoms with E-state index in [1.807, 2.05) is 13.8 Å². The Morgan fingerprint density at radius 1 is 1.09 bits per heavy atom. The van der Waals surface area contributed by atoms with Crippen molar-refractivity contribution in [3.63, 3.8) is 0 Å². The smallest absolute Gasteiger partial charge is 0.0464 e. The van der Waals surface area contributed by atoms with Crippen LogP contribution in [-0.2, 0) is 4.74 Å². The maximum Gasteiger partial charge on any atom is 0.0464 e. The summed E-state index contributed by atoms with van der Waals surface area (Å²) in [5.41, 5.74) is 0. The van der Waals surface area contributed by atoms with Gasteiger partial charge in [-0.05, 0) is 12.3 Å².